The third-order valence-electron chi connectivity index (χ3n) is 3.43. The maximum atomic E-state index is 11.7. The summed E-state index contributed by atoms with van der Waals surface area (Å²) in [6.07, 6.45) is 6.43. The molecule has 0 fully saturated rings. The Kier molecular flexibility index (Phi) is 4.97. The second-order valence-electron chi connectivity index (χ2n) is 5.24. The number of hydrogen-bond donors (Lipinski definition) is 1. The van der Waals surface area contributed by atoms with Crippen molar-refractivity contribution in [3.05, 3.63) is 54.1 Å². The summed E-state index contributed by atoms with van der Waals surface area (Å²) in [6, 6.07) is 7.78. The van der Waals surface area contributed by atoms with Crippen LogP contribution in [0.25, 0.3) is 0 Å². The highest BCUT2D eigenvalue weighted by Crippen LogP contribution is 2.07. The smallest absolute Gasteiger partial charge is 0.238 e. The third kappa shape index (κ3) is 4.42. The molecule has 0 bridgehead atoms. The number of hydrogen-bond acceptors (Lipinski definition) is 4. The zero-order valence-electron chi connectivity index (χ0n) is 12.6. The third-order valence-corrected chi connectivity index (χ3v) is 4.92. The molecule has 0 aliphatic rings. The number of rotatable bonds is 6. The van der Waals surface area contributed by atoms with Crippen molar-refractivity contribution >= 4 is 15.7 Å². The first-order valence-electron chi connectivity index (χ1n) is 6.86. The van der Waals surface area contributed by atoms with E-state index in [9.17, 15) is 13.2 Å². The standard InChI is InChI=1S/C15H19N3O3S/c1-12(22(2,20)21)15(19)17-9-13-3-5-14(6-4-13)10-18-8-7-16-11-18/h3-8,11-12H,9-10H2,1-2H3,(H,17,19). The van der Waals surface area contributed by atoms with Crippen LogP contribution in [-0.4, -0.2) is 35.4 Å². The van der Waals surface area contributed by atoms with Gasteiger partial charge < -0.3 is 9.88 Å². The quantitative estimate of drug-likeness (QED) is 0.860. The summed E-state index contributed by atoms with van der Waals surface area (Å²) in [7, 11) is -3.36. The average molecular weight is 321 g/mol. The second kappa shape index (κ2) is 6.74. The van der Waals surface area contributed by atoms with Gasteiger partial charge in [0.15, 0.2) is 9.84 Å². The fourth-order valence-corrected chi connectivity index (χ4v) is 2.35. The van der Waals surface area contributed by atoms with Crippen LogP contribution in [0.2, 0.25) is 0 Å². The van der Waals surface area contributed by atoms with Gasteiger partial charge in [-0.25, -0.2) is 13.4 Å². The van der Waals surface area contributed by atoms with Crippen molar-refractivity contribution in [2.24, 2.45) is 0 Å². The van der Waals surface area contributed by atoms with Crippen LogP contribution < -0.4 is 5.32 Å². The fourth-order valence-electron chi connectivity index (χ4n) is 1.88. The molecule has 2 aromatic rings. The van der Waals surface area contributed by atoms with Gasteiger partial charge >= 0.3 is 0 Å². The number of carbonyl (C=O) groups excluding carboxylic acids is 1. The molecule has 1 heterocycles. The molecule has 0 saturated carbocycles. The lowest BCUT2D eigenvalue weighted by atomic mass is 10.1. The van der Waals surface area contributed by atoms with Gasteiger partial charge in [-0.05, 0) is 18.1 Å². The second-order valence-corrected chi connectivity index (χ2v) is 7.61. The molecule has 7 heteroatoms. The van der Waals surface area contributed by atoms with Gasteiger partial charge in [0, 0.05) is 31.7 Å². The highest BCUT2D eigenvalue weighted by atomic mass is 32.2. The van der Waals surface area contributed by atoms with Crippen LogP contribution in [0, 0.1) is 0 Å². The summed E-state index contributed by atoms with van der Waals surface area (Å²) in [5.41, 5.74) is 2.04. The van der Waals surface area contributed by atoms with E-state index in [1.54, 1.807) is 12.5 Å². The number of amides is 1. The molecule has 1 N–H and O–H groups in total. The van der Waals surface area contributed by atoms with Gasteiger partial charge in [0.05, 0.1) is 6.33 Å². The number of imidazole rings is 1. The van der Waals surface area contributed by atoms with Crippen LogP contribution in [0.3, 0.4) is 0 Å². The van der Waals surface area contributed by atoms with Crippen molar-refractivity contribution in [3.63, 3.8) is 0 Å². The van der Waals surface area contributed by atoms with Crippen molar-refractivity contribution in [1.29, 1.82) is 0 Å². The highest BCUT2D eigenvalue weighted by Gasteiger charge is 2.22. The fraction of sp³-hybridized carbons (Fsp3) is 0.333. The van der Waals surface area contributed by atoms with E-state index in [2.05, 4.69) is 10.3 Å². The van der Waals surface area contributed by atoms with Gasteiger partial charge in [-0.1, -0.05) is 24.3 Å². The van der Waals surface area contributed by atoms with Crippen molar-refractivity contribution in [2.75, 3.05) is 6.26 Å². The lowest BCUT2D eigenvalue weighted by Crippen LogP contribution is -2.36. The zero-order valence-corrected chi connectivity index (χ0v) is 13.4. The molecule has 0 radical (unpaired) electrons. The molecule has 0 spiro atoms. The van der Waals surface area contributed by atoms with E-state index in [4.69, 9.17) is 0 Å². The Morgan fingerprint density at radius 3 is 2.45 bits per heavy atom. The molecule has 0 aliphatic carbocycles. The Hall–Kier alpha value is -2.15. The van der Waals surface area contributed by atoms with Crippen molar-refractivity contribution < 1.29 is 13.2 Å². The van der Waals surface area contributed by atoms with Crippen LogP contribution in [0.15, 0.2) is 43.0 Å². The van der Waals surface area contributed by atoms with Crippen molar-refractivity contribution in [3.8, 4) is 0 Å². The first-order chi connectivity index (χ1) is 10.4. The first kappa shape index (κ1) is 16.2. The topological polar surface area (TPSA) is 81.1 Å². The number of nitrogens with one attached hydrogen (secondary N) is 1. The molecule has 118 valence electrons. The molecule has 1 atom stereocenters. The molecule has 1 aromatic heterocycles. The minimum absolute atomic E-state index is 0.310. The number of aromatic nitrogens is 2. The van der Waals surface area contributed by atoms with Gasteiger partial charge in [0.25, 0.3) is 0 Å². The van der Waals surface area contributed by atoms with E-state index < -0.39 is 21.0 Å². The highest BCUT2D eigenvalue weighted by molar-refractivity contribution is 7.92. The summed E-state index contributed by atoms with van der Waals surface area (Å²) >= 11 is 0. The van der Waals surface area contributed by atoms with Crippen LogP contribution in [0.5, 0.6) is 0 Å². The molecular formula is C15H19N3O3S. The maximum absolute atomic E-state index is 11.7. The van der Waals surface area contributed by atoms with Gasteiger partial charge in [0.1, 0.15) is 5.25 Å². The summed E-state index contributed by atoms with van der Waals surface area (Å²) in [6.45, 7) is 2.43. The van der Waals surface area contributed by atoms with Gasteiger partial charge in [-0.2, -0.15) is 0 Å². The maximum Gasteiger partial charge on any atom is 0.238 e. The van der Waals surface area contributed by atoms with E-state index in [1.165, 1.54) is 6.92 Å². The Balaban J connectivity index is 1.90. The summed E-state index contributed by atoms with van der Waals surface area (Å²) in [5, 5.41) is 1.60. The van der Waals surface area contributed by atoms with Gasteiger partial charge in [-0.15, -0.1) is 0 Å². The molecule has 22 heavy (non-hydrogen) atoms. The summed E-state index contributed by atoms with van der Waals surface area (Å²) in [5.74, 6) is -0.481. The first-order valence-corrected chi connectivity index (χ1v) is 8.82. The molecule has 1 unspecified atom stereocenters. The van der Waals surface area contributed by atoms with Gasteiger partial charge in [-0.3, -0.25) is 4.79 Å². The van der Waals surface area contributed by atoms with E-state index >= 15 is 0 Å². The molecular weight excluding hydrogens is 302 g/mol. The Morgan fingerprint density at radius 1 is 1.27 bits per heavy atom. The number of benzene rings is 1. The molecule has 0 saturated heterocycles. The van der Waals surface area contributed by atoms with Gasteiger partial charge in [0.2, 0.25) is 5.91 Å². The van der Waals surface area contributed by atoms with E-state index in [1.807, 2.05) is 35.0 Å². The SMILES string of the molecule is CC(C(=O)NCc1ccc(Cn2ccnc2)cc1)S(C)(=O)=O. The predicted octanol–water partition coefficient (Wildman–Crippen LogP) is 0.981. The molecule has 0 aliphatic heterocycles. The lowest BCUT2D eigenvalue weighted by molar-refractivity contribution is -0.120. The normalized spacial score (nSPS) is 12.8. The Morgan fingerprint density at radius 2 is 1.91 bits per heavy atom. The van der Waals surface area contributed by atoms with Crippen molar-refractivity contribution in [1.82, 2.24) is 14.9 Å². The zero-order chi connectivity index (χ0) is 16.2. The largest absolute Gasteiger partial charge is 0.351 e. The van der Waals surface area contributed by atoms with E-state index in [0.717, 1.165) is 23.9 Å². The predicted molar refractivity (Wildman–Crippen MR) is 83.9 cm³/mol. The van der Waals surface area contributed by atoms with Crippen LogP contribution in [0.1, 0.15) is 18.1 Å². The Bertz CT molecular complexity index is 722. The summed E-state index contributed by atoms with van der Waals surface area (Å²) in [4.78, 5) is 15.7. The summed E-state index contributed by atoms with van der Waals surface area (Å²) < 4.78 is 24.6. The number of sulfone groups is 1. The number of nitrogens with zero attached hydrogens (tertiary/aromatic N) is 2. The Labute approximate surface area is 130 Å². The molecule has 6 nitrogen and oxygen atoms in total. The van der Waals surface area contributed by atoms with Crippen LogP contribution in [0.4, 0.5) is 0 Å². The van der Waals surface area contributed by atoms with E-state index in [-0.39, 0.29) is 0 Å². The van der Waals surface area contributed by atoms with E-state index in [0.29, 0.717) is 6.54 Å². The van der Waals surface area contributed by atoms with Crippen LogP contribution >= 0.6 is 0 Å². The van der Waals surface area contributed by atoms with Crippen LogP contribution in [-0.2, 0) is 27.7 Å². The minimum Gasteiger partial charge on any atom is -0.351 e. The minimum atomic E-state index is -3.36. The lowest BCUT2D eigenvalue weighted by Gasteiger charge is -2.11. The van der Waals surface area contributed by atoms with Crippen molar-refractivity contribution in [2.45, 2.75) is 25.3 Å². The molecule has 2 rings (SSSR count). The monoisotopic (exact) mass is 321 g/mol. The average Bonchev–Trinajstić information content (AvgIpc) is 2.97. The molecule has 1 amide bonds. The molecule has 1 aromatic carbocycles. The number of carbonyl (C=O) groups is 1.